The Bertz CT molecular complexity index is 1090. The fourth-order valence-corrected chi connectivity index (χ4v) is 3.15. The van der Waals surface area contributed by atoms with Gasteiger partial charge in [0.1, 0.15) is 11.9 Å². The van der Waals surface area contributed by atoms with Crippen LogP contribution in [0.15, 0.2) is 30.3 Å². The zero-order valence-corrected chi connectivity index (χ0v) is 16.3. The van der Waals surface area contributed by atoms with Gasteiger partial charge in [0.2, 0.25) is 0 Å². The number of piperidine rings is 1. The molecule has 33 heavy (non-hydrogen) atoms. The Kier molecular flexibility index (Phi) is 6.37. The molecule has 0 bridgehead atoms. The van der Waals surface area contributed by atoms with Gasteiger partial charge in [-0.2, -0.15) is 8.78 Å². The van der Waals surface area contributed by atoms with E-state index < -0.39 is 89.4 Å². The fraction of sp³-hybridized carbons (Fsp3) is 0.300. The summed E-state index contributed by atoms with van der Waals surface area (Å²) < 4.78 is 111. The first-order valence-electron chi connectivity index (χ1n) is 9.23. The van der Waals surface area contributed by atoms with Gasteiger partial charge in [0.15, 0.2) is 17.5 Å². The number of anilines is 1. The van der Waals surface area contributed by atoms with Crippen molar-refractivity contribution in [2.45, 2.75) is 24.4 Å². The molecule has 178 valence electrons. The van der Waals surface area contributed by atoms with Crippen molar-refractivity contribution in [3.63, 3.8) is 0 Å². The van der Waals surface area contributed by atoms with Gasteiger partial charge in [0.25, 0.3) is 17.7 Å². The standard InChI is InChI=1S/C20H14F8N2O3/c21-12-2-1-9(17(32)29-10-6-13(22)16(24)14(23)7-10)5-11(12)20(27,28)18(33)30-4-3-15(31)19(25,26)8-30/h1-2,5-7,15,31H,3-4,8H2,(H,29,32). The highest BCUT2D eigenvalue weighted by atomic mass is 19.3. The molecule has 13 heteroatoms. The molecular formula is C20H14F8N2O3. The van der Waals surface area contributed by atoms with Crippen LogP contribution in [0.4, 0.5) is 40.8 Å². The van der Waals surface area contributed by atoms with Gasteiger partial charge in [-0.05, 0) is 24.6 Å². The highest BCUT2D eigenvalue weighted by Gasteiger charge is 2.52. The van der Waals surface area contributed by atoms with E-state index in [1.165, 1.54) is 0 Å². The van der Waals surface area contributed by atoms with Gasteiger partial charge in [0, 0.05) is 29.9 Å². The van der Waals surface area contributed by atoms with Crippen LogP contribution in [-0.2, 0) is 10.7 Å². The third-order valence-corrected chi connectivity index (χ3v) is 4.93. The first-order chi connectivity index (χ1) is 15.2. The van der Waals surface area contributed by atoms with E-state index in [0.29, 0.717) is 18.2 Å². The molecule has 0 aliphatic carbocycles. The van der Waals surface area contributed by atoms with Crippen molar-refractivity contribution >= 4 is 17.5 Å². The summed E-state index contributed by atoms with van der Waals surface area (Å²) in [5.74, 6) is -18.7. The second-order valence-corrected chi connectivity index (χ2v) is 7.27. The van der Waals surface area contributed by atoms with Crippen LogP contribution in [0.3, 0.4) is 0 Å². The number of nitrogens with zero attached hydrogens (tertiary/aromatic N) is 1. The molecule has 1 atom stereocenters. The molecule has 2 aromatic carbocycles. The third-order valence-electron chi connectivity index (χ3n) is 4.93. The topological polar surface area (TPSA) is 69.6 Å². The van der Waals surface area contributed by atoms with Gasteiger partial charge in [-0.25, -0.2) is 26.3 Å². The highest BCUT2D eigenvalue weighted by Crippen LogP contribution is 2.36. The monoisotopic (exact) mass is 482 g/mol. The van der Waals surface area contributed by atoms with Gasteiger partial charge in [-0.1, -0.05) is 0 Å². The molecule has 0 saturated carbocycles. The van der Waals surface area contributed by atoms with Crippen molar-refractivity contribution in [3.05, 3.63) is 64.7 Å². The average molecular weight is 482 g/mol. The number of aliphatic hydroxyl groups excluding tert-OH is 1. The molecule has 0 radical (unpaired) electrons. The Balaban J connectivity index is 1.87. The van der Waals surface area contributed by atoms with Gasteiger partial charge in [0.05, 0.1) is 12.1 Å². The van der Waals surface area contributed by atoms with E-state index >= 15 is 0 Å². The first kappa shape index (κ1) is 24.4. The number of amides is 2. The number of benzene rings is 2. The highest BCUT2D eigenvalue weighted by molar-refractivity contribution is 6.04. The maximum Gasteiger partial charge on any atom is 0.352 e. The second-order valence-electron chi connectivity index (χ2n) is 7.27. The van der Waals surface area contributed by atoms with E-state index in [0.717, 1.165) is 6.07 Å². The van der Waals surface area contributed by atoms with Crippen LogP contribution >= 0.6 is 0 Å². The summed E-state index contributed by atoms with van der Waals surface area (Å²) >= 11 is 0. The predicted octanol–water partition coefficient (Wildman–Crippen LogP) is 3.82. The number of rotatable bonds is 4. The van der Waals surface area contributed by atoms with Crippen LogP contribution in [0.5, 0.6) is 0 Å². The molecule has 1 unspecified atom stereocenters. The summed E-state index contributed by atoms with van der Waals surface area (Å²) in [5, 5.41) is 11.1. The Morgan fingerprint density at radius 1 is 1.03 bits per heavy atom. The number of aliphatic hydroxyl groups is 1. The molecule has 1 saturated heterocycles. The average Bonchev–Trinajstić information content (AvgIpc) is 2.73. The van der Waals surface area contributed by atoms with E-state index in [1.807, 2.05) is 5.32 Å². The van der Waals surface area contributed by atoms with Crippen molar-refractivity contribution in [1.82, 2.24) is 4.90 Å². The number of hydrogen-bond acceptors (Lipinski definition) is 3. The van der Waals surface area contributed by atoms with Crippen LogP contribution in [0.1, 0.15) is 22.3 Å². The molecule has 0 spiro atoms. The number of carbonyl (C=O) groups is 2. The zero-order chi connectivity index (χ0) is 24.7. The van der Waals surface area contributed by atoms with Gasteiger partial charge >= 0.3 is 5.92 Å². The van der Waals surface area contributed by atoms with Crippen molar-refractivity contribution in [2.24, 2.45) is 0 Å². The molecule has 1 aliphatic heterocycles. The van der Waals surface area contributed by atoms with Gasteiger partial charge in [-0.15, -0.1) is 0 Å². The molecule has 3 rings (SSSR count). The molecule has 2 aromatic rings. The van der Waals surface area contributed by atoms with E-state index in [-0.39, 0.29) is 11.0 Å². The zero-order valence-electron chi connectivity index (χ0n) is 16.3. The number of alkyl halides is 4. The normalized spacial score (nSPS) is 18.2. The lowest BCUT2D eigenvalue weighted by Gasteiger charge is -2.37. The van der Waals surface area contributed by atoms with Crippen LogP contribution in [-0.4, -0.2) is 46.9 Å². The lowest BCUT2D eigenvalue weighted by Crippen LogP contribution is -2.56. The summed E-state index contributed by atoms with van der Waals surface area (Å²) in [6, 6.07) is 2.21. The summed E-state index contributed by atoms with van der Waals surface area (Å²) in [5.41, 5.74) is -2.87. The molecule has 1 fully saturated rings. The predicted molar refractivity (Wildman–Crippen MR) is 96.7 cm³/mol. The summed E-state index contributed by atoms with van der Waals surface area (Å²) in [7, 11) is 0. The number of halogens is 8. The largest absolute Gasteiger partial charge is 0.387 e. The Hall–Kier alpha value is -3.22. The smallest absolute Gasteiger partial charge is 0.352 e. The van der Waals surface area contributed by atoms with Gasteiger partial charge in [-0.3, -0.25) is 9.59 Å². The van der Waals surface area contributed by atoms with E-state index in [9.17, 15) is 49.8 Å². The Labute approximate surface area is 180 Å². The molecule has 5 nitrogen and oxygen atoms in total. The minimum Gasteiger partial charge on any atom is -0.387 e. The maximum absolute atomic E-state index is 14.8. The van der Waals surface area contributed by atoms with Crippen molar-refractivity contribution < 1.29 is 49.8 Å². The lowest BCUT2D eigenvalue weighted by molar-refractivity contribution is -0.183. The van der Waals surface area contributed by atoms with E-state index in [2.05, 4.69) is 0 Å². The van der Waals surface area contributed by atoms with Crippen molar-refractivity contribution in [3.8, 4) is 0 Å². The maximum atomic E-state index is 14.8. The van der Waals surface area contributed by atoms with Crippen molar-refractivity contribution in [1.29, 1.82) is 0 Å². The van der Waals surface area contributed by atoms with Crippen LogP contribution < -0.4 is 5.32 Å². The van der Waals surface area contributed by atoms with E-state index in [1.54, 1.807) is 0 Å². The molecule has 2 N–H and O–H groups in total. The molecule has 0 aromatic heterocycles. The summed E-state index contributed by atoms with van der Waals surface area (Å²) in [4.78, 5) is 24.6. The second kappa shape index (κ2) is 8.61. The number of carbonyl (C=O) groups excluding carboxylic acids is 2. The number of likely N-dealkylation sites (tertiary alicyclic amines) is 1. The van der Waals surface area contributed by atoms with Crippen molar-refractivity contribution in [2.75, 3.05) is 18.4 Å². The summed E-state index contributed by atoms with van der Waals surface area (Å²) in [6.07, 6.45) is -2.83. The minimum atomic E-state index is -4.67. The third kappa shape index (κ3) is 4.77. The van der Waals surface area contributed by atoms with Crippen LogP contribution in [0.25, 0.3) is 0 Å². The first-order valence-corrected chi connectivity index (χ1v) is 9.23. The summed E-state index contributed by atoms with van der Waals surface area (Å²) in [6.45, 7) is -2.17. The van der Waals surface area contributed by atoms with Crippen LogP contribution in [0.2, 0.25) is 0 Å². The minimum absolute atomic E-state index is 0.0724. The van der Waals surface area contributed by atoms with Crippen LogP contribution in [0, 0.1) is 23.3 Å². The molecule has 1 heterocycles. The Morgan fingerprint density at radius 3 is 2.21 bits per heavy atom. The fourth-order valence-electron chi connectivity index (χ4n) is 3.15. The molecule has 1 aliphatic rings. The lowest BCUT2D eigenvalue weighted by atomic mass is 9.99. The SMILES string of the molecule is O=C(Nc1cc(F)c(F)c(F)c1)c1ccc(F)c(C(F)(F)C(=O)N2CCC(O)C(F)(F)C2)c1. The molecular weight excluding hydrogens is 468 g/mol. The van der Waals surface area contributed by atoms with E-state index in [4.69, 9.17) is 0 Å². The van der Waals surface area contributed by atoms with Gasteiger partial charge < -0.3 is 15.3 Å². The molecule has 2 amide bonds. The quantitative estimate of drug-likeness (QED) is 0.515. The number of nitrogens with one attached hydrogen (secondary N) is 1. The number of hydrogen-bond donors (Lipinski definition) is 2. The Morgan fingerprint density at radius 2 is 1.64 bits per heavy atom.